The first-order valence-corrected chi connectivity index (χ1v) is 8.97. The Morgan fingerprint density at radius 3 is 2.41 bits per heavy atom. The molecule has 0 aliphatic rings. The van der Waals surface area contributed by atoms with Crippen LogP contribution in [0.3, 0.4) is 0 Å². The smallest absolute Gasteiger partial charge is 0.337 e. The second-order valence-corrected chi connectivity index (χ2v) is 6.36. The number of carbonyl (C=O) groups excluding carboxylic acids is 2. The van der Waals surface area contributed by atoms with Gasteiger partial charge in [0, 0.05) is 0 Å². The third kappa shape index (κ3) is 7.36. The highest BCUT2D eigenvalue weighted by molar-refractivity contribution is 6.03. The molecule has 0 aliphatic carbocycles. The first-order valence-electron chi connectivity index (χ1n) is 8.97. The van der Waals surface area contributed by atoms with Gasteiger partial charge in [-0.15, -0.1) is 0 Å². The Morgan fingerprint density at radius 2 is 1.81 bits per heavy atom. The number of carboxylic acid groups (broad SMARTS) is 1. The van der Waals surface area contributed by atoms with Crippen molar-refractivity contribution in [2.45, 2.75) is 57.2 Å². The second kappa shape index (κ2) is 11.3. The summed E-state index contributed by atoms with van der Waals surface area (Å²) in [5, 5.41) is 9.30. The van der Waals surface area contributed by atoms with Crippen molar-refractivity contribution in [3.63, 3.8) is 0 Å². The van der Waals surface area contributed by atoms with Gasteiger partial charge in [-0.2, -0.15) is 0 Å². The van der Waals surface area contributed by atoms with Gasteiger partial charge in [-0.25, -0.2) is 9.59 Å². The van der Waals surface area contributed by atoms with Crippen LogP contribution in [0.1, 0.15) is 44.6 Å². The van der Waals surface area contributed by atoms with Gasteiger partial charge in [0.25, 0.3) is 0 Å². The first kappa shape index (κ1) is 22.6. The summed E-state index contributed by atoms with van der Waals surface area (Å²) in [7, 11) is 0. The fourth-order valence-corrected chi connectivity index (χ4v) is 2.29. The zero-order chi connectivity index (χ0) is 20.3. The molecule has 0 bridgehead atoms. The molecule has 150 valence electrons. The summed E-state index contributed by atoms with van der Waals surface area (Å²) < 4.78 is 10.1. The fourth-order valence-electron chi connectivity index (χ4n) is 2.29. The van der Waals surface area contributed by atoms with Crippen LogP contribution in [-0.2, 0) is 30.5 Å². The zero-order valence-electron chi connectivity index (χ0n) is 15.6. The van der Waals surface area contributed by atoms with Gasteiger partial charge < -0.3 is 26.0 Å². The maximum atomic E-state index is 12.0. The molecule has 2 atom stereocenters. The molecular weight excluding hydrogens is 352 g/mol. The van der Waals surface area contributed by atoms with Crippen molar-refractivity contribution in [2.24, 2.45) is 11.5 Å². The lowest BCUT2D eigenvalue weighted by Crippen LogP contribution is -2.56. The molecule has 5 N–H and O–H groups in total. The van der Waals surface area contributed by atoms with Crippen molar-refractivity contribution in [3.8, 4) is 0 Å². The molecule has 1 unspecified atom stereocenters. The number of carbonyl (C=O) groups is 3. The minimum Gasteiger partial charge on any atom is -0.479 e. The van der Waals surface area contributed by atoms with Gasteiger partial charge in [0.15, 0.2) is 0 Å². The summed E-state index contributed by atoms with van der Waals surface area (Å²) in [6.45, 7) is 2.14. The molecular formula is C19H28N2O6. The molecule has 0 spiro atoms. The Kier molecular flexibility index (Phi) is 9.46. The molecule has 8 heteroatoms. The molecule has 0 saturated carbocycles. The Balaban J connectivity index is 2.45. The Morgan fingerprint density at radius 1 is 1.15 bits per heavy atom. The second-order valence-electron chi connectivity index (χ2n) is 6.36. The maximum Gasteiger partial charge on any atom is 0.337 e. The average molecular weight is 380 g/mol. The van der Waals surface area contributed by atoms with Gasteiger partial charge in [0.1, 0.15) is 12.6 Å². The predicted octanol–water partition coefficient (Wildman–Crippen LogP) is 1.35. The number of carboxylic acids is 1. The Bertz CT molecular complexity index is 622. The van der Waals surface area contributed by atoms with Crippen LogP contribution in [-0.4, -0.2) is 41.2 Å². The van der Waals surface area contributed by atoms with Crippen LogP contribution >= 0.6 is 0 Å². The number of esters is 2. The SMILES string of the molecule is CCCCOC(=O)[C@](N)(CCCC(N)C(=O)OCc1ccccc1)C(=O)O. The quantitative estimate of drug-likeness (QED) is 0.280. The molecule has 0 fully saturated rings. The highest BCUT2D eigenvalue weighted by Crippen LogP contribution is 2.16. The predicted molar refractivity (Wildman–Crippen MR) is 98.5 cm³/mol. The van der Waals surface area contributed by atoms with E-state index in [1.54, 1.807) is 0 Å². The molecule has 0 saturated heterocycles. The van der Waals surface area contributed by atoms with E-state index in [4.69, 9.17) is 20.9 Å². The summed E-state index contributed by atoms with van der Waals surface area (Å²) in [6, 6.07) is 8.22. The number of ether oxygens (including phenoxy) is 2. The molecule has 0 radical (unpaired) electrons. The number of hydrogen-bond donors (Lipinski definition) is 3. The van der Waals surface area contributed by atoms with E-state index in [2.05, 4.69) is 0 Å². The van der Waals surface area contributed by atoms with E-state index in [9.17, 15) is 19.5 Å². The van der Waals surface area contributed by atoms with E-state index in [0.29, 0.717) is 6.42 Å². The van der Waals surface area contributed by atoms with Crippen molar-refractivity contribution in [1.82, 2.24) is 0 Å². The minimum absolute atomic E-state index is 0.104. The Hall–Kier alpha value is -2.45. The lowest BCUT2D eigenvalue weighted by Gasteiger charge is -2.23. The molecule has 0 amide bonds. The highest BCUT2D eigenvalue weighted by atomic mass is 16.5. The molecule has 8 nitrogen and oxygen atoms in total. The third-order valence-electron chi connectivity index (χ3n) is 4.09. The van der Waals surface area contributed by atoms with Gasteiger partial charge >= 0.3 is 17.9 Å². The van der Waals surface area contributed by atoms with E-state index in [1.165, 1.54) is 0 Å². The molecule has 1 aromatic rings. The van der Waals surface area contributed by atoms with Crippen molar-refractivity contribution < 1.29 is 29.0 Å². The Labute approximate surface area is 158 Å². The normalized spacial score (nSPS) is 14.0. The summed E-state index contributed by atoms with van der Waals surface area (Å²) >= 11 is 0. The molecule has 0 aromatic heterocycles. The van der Waals surface area contributed by atoms with E-state index >= 15 is 0 Å². The molecule has 0 heterocycles. The fraction of sp³-hybridized carbons (Fsp3) is 0.526. The van der Waals surface area contributed by atoms with Gasteiger partial charge in [-0.3, -0.25) is 4.79 Å². The number of rotatable bonds is 12. The standard InChI is InChI=1S/C19H28N2O6/c1-2-3-12-26-18(25)19(21,17(23)24)11-7-10-15(20)16(22)27-13-14-8-5-4-6-9-14/h4-6,8-9,15H,2-3,7,10-13,20-21H2,1H3,(H,23,24)/t15?,19-/m0/s1. The maximum absolute atomic E-state index is 12.0. The van der Waals surface area contributed by atoms with Crippen molar-refractivity contribution in [1.29, 1.82) is 0 Å². The summed E-state index contributed by atoms with van der Waals surface area (Å²) in [4.78, 5) is 35.3. The molecule has 1 aromatic carbocycles. The molecule has 0 aliphatic heterocycles. The first-order chi connectivity index (χ1) is 12.8. The number of hydrogen-bond acceptors (Lipinski definition) is 7. The van der Waals surface area contributed by atoms with Crippen molar-refractivity contribution in [3.05, 3.63) is 35.9 Å². The van der Waals surface area contributed by atoms with E-state index < -0.39 is 29.5 Å². The highest BCUT2D eigenvalue weighted by Gasteiger charge is 2.43. The van der Waals surface area contributed by atoms with E-state index in [0.717, 1.165) is 12.0 Å². The van der Waals surface area contributed by atoms with E-state index in [-0.39, 0.29) is 32.5 Å². The van der Waals surface area contributed by atoms with Crippen LogP contribution < -0.4 is 11.5 Å². The number of benzene rings is 1. The van der Waals surface area contributed by atoms with E-state index in [1.807, 2.05) is 37.3 Å². The number of nitrogens with two attached hydrogens (primary N) is 2. The average Bonchev–Trinajstić information content (AvgIpc) is 2.66. The largest absolute Gasteiger partial charge is 0.479 e. The monoisotopic (exact) mass is 380 g/mol. The number of aliphatic carboxylic acids is 1. The van der Waals surface area contributed by atoms with Crippen LogP contribution in [0, 0.1) is 0 Å². The topological polar surface area (TPSA) is 142 Å². The van der Waals surface area contributed by atoms with Crippen LogP contribution in [0.15, 0.2) is 30.3 Å². The lowest BCUT2D eigenvalue weighted by molar-refractivity contribution is -0.161. The minimum atomic E-state index is -2.15. The van der Waals surface area contributed by atoms with Crippen molar-refractivity contribution in [2.75, 3.05) is 6.61 Å². The van der Waals surface area contributed by atoms with Gasteiger partial charge in [0.2, 0.25) is 5.54 Å². The zero-order valence-corrected chi connectivity index (χ0v) is 15.6. The van der Waals surface area contributed by atoms with Crippen LogP contribution in [0.2, 0.25) is 0 Å². The van der Waals surface area contributed by atoms with Gasteiger partial charge in [0.05, 0.1) is 6.61 Å². The van der Waals surface area contributed by atoms with Crippen LogP contribution in [0.5, 0.6) is 0 Å². The van der Waals surface area contributed by atoms with Crippen LogP contribution in [0.4, 0.5) is 0 Å². The third-order valence-corrected chi connectivity index (χ3v) is 4.09. The summed E-state index contributed by atoms with van der Waals surface area (Å²) in [5.74, 6) is -3.05. The summed E-state index contributed by atoms with van der Waals surface area (Å²) in [6.07, 6.45) is 1.54. The molecule has 1 rings (SSSR count). The van der Waals surface area contributed by atoms with Crippen molar-refractivity contribution >= 4 is 17.9 Å². The lowest BCUT2D eigenvalue weighted by atomic mass is 9.92. The molecule has 27 heavy (non-hydrogen) atoms. The van der Waals surface area contributed by atoms with Crippen LogP contribution in [0.25, 0.3) is 0 Å². The van der Waals surface area contributed by atoms with Gasteiger partial charge in [-0.05, 0) is 31.2 Å². The summed E-state index contributed by atoms with van der Waals surface area (Å²) in [5.41, 5.74) is 10.2. The van der Waals surface area contributed by atoms with Gasteiger partial charge in [-0.1, -0.05) is 43.7 Å². The number of unbranched alkanes of at least 4 members (excludes halogenated alkanes) is 1.